The summed E-state index contributed by atoms with van der Waals surface area (Å²) in [7, 11) is 0. The molecule has 4 rings (SSSR count). The number of carbonyl (C=O) groups excluding carboxylic acids is 1. The minimum Gasteiger partial charge on any atom is -0.494 e. The fourth-order valence-corrected chi connectivity index (χ4v) is 3.54. The molecule has 0 amide bonds. The molecule has 4 aromatic rings. The van der Waals surface area contributed by atoms with Crippen LogP contribution in [0.2, 0.25) is 5.15 Å². The molecule has 0 radical (unpaired) electrons. The maximum absolute atomic E-state index is 12.7. The quantitative estimate of drug-likeness (QED) is 0.165. The fourth-order valence-electron chi connectivity index (χ4n) is 3.33. The summed E-state index contributed by atoms with van der Waals surface area (Å²) in [6.45, 7) is 2.44. The molecule has 2 heterocycles. The Morgan fingerprint density at radius 2 is 1.76 bits per heavy atom. The molecule has 2 aromatic carbocycles. The molecule has 0 fully saturated rings. The summed E-state index contributed by atoms with van der Waals surface area (Å²) < 4.78 is 43.5. The van der Waals surface area contributed by atoms with Crippen LogP contribution in [0.5, 0.6) is 5.75 Å². The van der Waals surface area contributed by atoms with E-state index in [9.17, 15) is 18.0 Å². The van der Waals surface area contributed by atoms with Crippen LogP contribution in [0.25, 0.3) is 28.1 Å². The first-order valence-corrected chi connectivity index (χ1v) is 10.7. The minimum atomic E-state index is -4.49. The third-order valence-electron chi connectivity index (χ3n) is 5.05. The molecular formula is C26H18ClF3N2O2. The number of ether oxygens (including phenoxy) is 1. The Morgan fingerprint density at radius 3 is 2.41 bits per heavy atom. The highest BCUT2D eigenvalue weighted by Crippen LogP contribution is 2.29. The molecule has 2 aromatic heterocycles. The first-order chi connectivity index (χ1) is 16.2. The van der Waals surface area contributed by atoms with Crippen LogP contribution in [0, 0.1) is 0 Å². The summed E-state index contributed by atoms with van der Waals surface area (Å²) in [6.07, 6.45) is -0.331. The van der Waals surface area contributed by atoms with Crippen LogP contribution in [0.1, 0.15) is 28.5 Å². The highest BCUT2D eigenvalue weighted by atomic mass is 35.5. The Kier molecular flexibility index (Phi) is 6.65. The van der Waals surface area contributed by atoms with Crippen molar-refractivity contribution in [1.82, 2.24) is 9.97 Å². The number of ketones is 1. The Morgan fingerprint density at radius 1 is 1.03 bits per heavy atom. The molecule has 0 bridgehead atoms. The minimum absolute atomic E-state index is 0.250. The monoisotopic (exact) mass is 482 g/mol. The smallest absolute Gasteiger partial charge is 0.433 e. The molecule has 0 spiro atoms. The van der Waals surface area contributed by atoms with Crippen molar-refractivity contribution >= 4 is 34.4 Å². The van der Waals surface area contributed by atoms with Gasteiger partial charge in [-0.15, -0.1) is 0 Å². The Bertz CT molecular complexity index is 1370. The largest absolute Gasteiger partial charge is 0.494 e. The zero-order chi connectivity index (χ0) is 24.3. The lowest BCUT2D eigenvalue weighted by molar-refractivity contribution is -0.141. The number of nitrogens with zero attached hydrogens (tertiary/aromatic N) is 2. The molecule has 0 aliphatic rings. The lowest BCUT2D eigenvalue weighted by Gasteiger charge is -2.07. The number of benzene rings is 2. The summed E-state index contributed by atoms with van der Waals surface area (Å²) in [5, 5.41) is 1.12. The standard InChI is InChI=1S/C26H18ClF3N2O2/c1-2-34-21-10-7-18-13-19(25(27)32-22(18)14-21)8-11-23(33)17-5-3-16(4-6-17)20-9-12-24(31-15-20)26(28,29)30/h3-15H,2H2,1H3/b11-8+. The van der Waals surface area contributed by atoms with Gasteiger partial charge in [0.15, 0.2) is 5.78 Å². The van der Waals surface area contributed by atoms with Crippen LogP contribution in [-0.4, -0.2) is 22.4 Å². The number of hydrogen-bond donors (Lipinski definition) is 0. The van der Waals surface area contributed by atoms with E-state index in [0.29, 0.717) is 40.1 Å². The number of halogens is 4. The summed E-state index contributed by atoms with van der Waals surface area (Å²) in [5.41, 5.74) is 1.92. The zero-order valence-electron chi connectivity index (χ0n) is 17.9. The maximum Gasteiger partial charge on any atom is 0.433 e. The van der Waals surface area contributed by atoms with Crippen molar-refractivity contribution in [2.24, 2.45) is 0 Å². The van der Waals surface area contributed by atoms with Crippen LogP contribution < -0.4 is 4.74 Å². The van der Waals surface area contributed by atoms with Gasteiger partial charge in [0.1, 0.15) is 16.6 Å². The van der Waals surface area contributed by atoms with Crippen LogP contribution >= 0.6 is 11.6 Å². The number of hydrogen-bond acceptors (Lipinski definition) is 4. The molecule has 0 aliphatic carbocycles. The number of alkyl halides is 3. The second kappa shape index (κ2) is 9.65. The van der Waals surface area contributed by atoms with Crippen molar-refractivity contribution in [2.75, 3.05) is 6.61 Å². The number of allylic oxidation sites excluding steroid dienone is 1. The highest BCUT2D eigenvalue weighted by Gasteiger charge is 2.32. The van der Waals surface area contributed by atoms with Crippen LogP contribution in [0.15, 0.2) is 72.9 Å². The Balaban J connectivity index is 1.50. The first kappa shape index (κ1) is 23.4. The zero-order valence-corrected chi connectivity index (χ0v) is 18.7. The number of fused-ring (bicyclic) bond motifs is 1. The third kappa shape index (κ3) is 5.26. The second-order valence-electron chi connectivity index (χ2n) is 7.36. The molecule has 0 unspecified atom stereocenters. The average Bonchev–Trinajstić information content (AvgIpc) is 2.82. The molecule has 0 N–H and O–H groups in total. The van der Waals surface area contributed by atoms with Gasteiger partial charge in [-0.1, -0.05) is 41.9 Å². The van der Waals surface area contributed by atoms with Crippen LogP contribution in [0.3, 0.4) is 0 Å². The third-order valence-corrected chi connectivity index (χ3v) is 5.35. The number of rotatable bonds is 6. The summed E-state index contributed by atoms with van der Waals surface area (Å²) in [5.74, 6) is 0.451. The molecule has 8 heteroatoms. The van der Waals surface area contributed by atoms with Crippen molar-refractivity contribution in [3.63, 3.8) is 0 Å². The molecule has 0 saturated heterocycles. The van der Waals surface area contributed by atoms with E-state index in [-0.39, 0.29) is 10.9 Å². The van der Waals surface area contributed by atoms with Crippen molar-refractivity contribution in [1.29, 1.82) is 0 Å². The van der Waals surface area contributed by atoms with E-state index in [0.717, 1.165) is 17.6 Å². The van der Waals surface area contributed by atoms with E-state index in [2.05, 4.69) is 9.97 Å². The van der Waals surface area contributed by atoms with E-state index in [4.69, 9.17) is 16.3 Å². The van der Waals surface area contributed by atoms with E-state index >= 15 is 0 Å². The number of carbonyl (C=O) groups is 1. The van der Waals surface area contributed by atoms with Gasteiger partial charge in [0.25, 0.3) is 0 Å². The summed E-state index contributed by atoms with van der Waals surface area (Å²) in [6, 6.07) is 16.2. The van der Waals surface area contributed by atoms with Gasteiger partial charge >= 0.3 is 6.18 Å². The number of aromatic nitrogens is 2. The molecule has 172 valence electrons. The fraction of sp³-hybridized carbons (Fsp3) is 0.115. The van der Waals surface area contributed by atoms with Gasteiger partial charge in [-0.05, 0) is 48.9 Å². The average molecular weight is 483 g/mol. The topological polar surface area (TPSA) is 52.1 Å². The van der Waals surface area contributed by atoms with Gasteiger partial charge in [0.2, 0.25) is 0 Å². The van der Waals surface area contributed by atoms with Crippen LogP contribution in [-0.2, 0) is 6.18 Å². The molecule has 0 saturated carbocycles. The Labute approximate surface area is 198 Å². The molecular weight excluding hydrogens is 465 g/mol. The normalized spacial score (nSPS) is 11.8. The Hall–Kier alpha value is -3.71. The predicted octanol–water partition coefficient (Wildman–Crippen LogP) is 7.26. The first-order valence-electron chi connectivity index (χ1n) is 10.3. The predicted molar refractivity (Wildman–Crippen MR) is 126 cm³/mol. The molecule has 0 atom stereocenters. The maximum atomic E-state index is 12.7. The van der Waals surface area contributed by atoms with Crippen molar-refractivity contribution in [3.8, 4) is 16.9 Å². The van der Waals surface area contributed by atoms with Gasteiger partial charge in [-0.25, -0.2) is 4.98 Å². The van der Waals surface area contributed by atoms with Crippen molar-refractivity contribution in [2.45, 2.75) is 13.1 Å². The van der Waals surface area contributed by atoms with Gasteiger partial charge in [0, 0.05) is 34.3 Å². The van der Waals surface area contributed by atoms with Crippen molar-refractivity contribution < 1.29 is 22.7 Å². The second-order valence-corrected chi connectivity index (χ2v) is 7.72. The van der Waals surface area contributed by atoms with Crippen molar-refractivity contribution in [3.05, 3.63) is 94.9 Å². The summed E-state index contributed by atoms with van der Waals surface area (Å²) in [4.78, 5) is 20.5. The van der Waals surface area contributed by atoms with Gasteiger partial charge < -0.3 is 4.74 Å². The highest BCUT2D eigenvalue weighted by molar-refractivity contribution is 6.31. The van der Waals surface area contributed by atoms with E-state index in [1.807, 2.05) is 25.1 Å². The molecule has 4 nitrogen and oxygen atoms in total. The van der Waals surface area contributed by atoms with Gasteiger partial charge in [-0.2, -0.15) is 13.2 Å². The SMILES string of the molecule is CCOc1ccc2cc(/C=C/C(=O)c3ccc(-c4ccc(C(F)(F)F)nc4)cc3)c(Cl)nc2c1. The molecule has 0 aliphatic heterocycles. The van der Waals surface area contributed by atoms with Crippen LogP contribution in [0.4, 0.5) is 13.2 Å². The van der Waals surface area contributed by atoms with E-state index < -0.39 is 11.9 Å². The lowest BCUT2D eigenvalue weighted by atomic mass is 10.0. The van der Waals surface area contributed by atoms with Gasteiger partial charge in [-0.3, -0.25) is 9.78 Å². The molecule has 34 heavy (non-hydrogen) atoms. The van der Waals surface area contributed by atoms with Gasteiger partial charge in [0.05, 0.1) is 12.1 Å². The van der Waals surface area contributed by atoms with E-state index in [1.54, 1.807) is 36.4 Å². The summed E-state index contributed by atoms with van der Waals surface area (Å²) >= 11 is 6.30. The van der Waals surface area contributed by atoms with E-state index in [1.165, 1.54) is 12.1 Å². The lowest BCUT2D eigenvalue weighted by Crippen LogP contribution is -2.07. The number of pyridine rings is 2.